The van der Waals surface area contributed by atoms with Gasteiger partial charge in [-0.05, 0) is 25.1 Å². The van der Waals surface area contributed by atoms with Gasteiger partial charge in [-0.15, -0.1) is 0 Å². The van der Waals surface area contributed by atoms with E-state index in [1.165, 1.54) is 0 Å². The Morgan fingerprint density at radius 1 is 1.40 bits per heavy atom. The predicted molar refractivity (Wildman–Crippen MR) is 80.1 cm³/mol. The Hall–Kier alpha value is -1.66. The van der Waals surface area contributed by atoms with Gasteiger partial charge in [-0.1, -0.05) is 13.0 Å². The first-order valence-electron chi connectivity index (χ1n) is 6.84. The van der Waals surface area contributed by atoms with Crippen LogP contribution in [0.25, 0.3) is 0 Å². The Labute approximate surface area is 119 Å². The van der Waals surface area contributed by atoms with Crippen LogP contribution < -0.4 is 5.32 Å². The minimum absolute atomic E-state index is 0.132. The van der Waals surface area contributed by atoms with Crippen molar-refractivity contribution in [2.24, 2.45) is 0 Å². The second kappa shape index (κ2) is 8.50. The normalized spacial score (nSPS) is 10.8. The molecule has 0 radical (unpaired) electrons. The summed E-state index contributed by atoms with van der Waals surface area (Å²) in [5.41, 5.74) is 1.64. The van der Waals surface area contributed by atoms with Crippen LogP contribution in [0.3, 0.4) is 0 Å². The maximum atomic E-state index is 11.1. The summed E-state index contributed by atoms with van der Waals surface area (Å²) in [5, 5.41) is 14.1. The molecule has 0 heterocycles. The molecule has 0 spiro atoms. The van der Waals surface area contributed by atoms with Crippen LogP contribution in [0.15, 0.2) is 18.2 Å². The summed E-state index contributed by atoms with van der Waals surface area (Å²) in [6.45, 7) is 7.69. The number of nitrogens with one attached hydrogen (secondary N) is 1. The van der Waals surface area contributed by atoms with E-state index in [4.69, 9.17) is 4.74 Å². The van der Waals surface area contributed by atoms with Crippen molar-refractivity contribution in [2.45, 2.75) is 20.4 Å². The molecule has 1 N–H and O–H groups in total. The summed E-state index contributed by atoms with van der Waals surface area (Å²) in [5.74, 6) is 0. The number of nitrogens with zero attached hydrogens (tertiary/aromatic N) is 2. The minimum atomic E-state index is -0.340. The molecule has 0 aliphatic rings. The molecule has 0 bridgehead atoms. The van der Waals surface area contributed by atoms with Crippen LogP contribution in [-0.2, 0) is 11.3 Å². The molecule has 1 aromatic rings. The zero-order valence-electron chi connectivity index (χ0n) is 12.4. The van der Waals surface area contributed by atoms with Gasteiger partial charge in [-0.3, -0.25) is 15.0 Å². The van der Waals surface area contributed by atoms with Gasteiger partial charge in [0, 0.05) is 32.8 Å². The molecule has 0 atom stereocenters. The lowest BCUT2D eigenvalue weighted by molar-refractivity contribution is -0.384. The van der Waals surface area contributed by atoms with E-state index >= 15 is 0 Å². The lowest BCUT2D eigenvalue weighted by atomic mass is 10.1. The molecule has 1 aromatic carbocycles. The lowest BCUT2D eigenvalue weighted by Gasteiger charge is -2.20. The van der Waals surface area contributed by atoms with Gasteiger partial charge < -0.3 is 10.1 Å². The molecule has 6 heteroatoms. The molecular weight excluding hydrogens is 258 g/mol. The van der Waals surface area contributed by atoms with E-state index < -0.39 is 0 Å². The third kappa shape index (κ3) is 4.79. The second-order valence-corrected chi connectivity index (χ2v) is 4.50. The van der Waals surface area contributed by atoms with E-state index in [9.17, 15) is 10.1 Å². The molecule has 20 heavy (non-hydrogen) atoms. The van der Waals surface area contributed by atoms with Gasteiger partial charge in [0.25, 0.3) is 5.69 Å². The number of nitro groups is 1. The molecule has 0 fully saturated rings. The Kier molecular flexibility index (Phi) is 6.97. The molecule has 0 amide bonds. The van der Waals surface area contributed by atoms with Crippen molar-refractivity contribution < 1.29 is 9.66 Å². The van der Waals surface area contributed by atoms with E-state index in [0.717, 1.165) is 18.7 Å². The first-order valence-corrected chi connectivity index (χ1v) is 6.84. The molecular formula is C14H23N3O3. The summed E-state index contributed by atoms with van der Waals surface area (Å²) >= 11 is 0. The van der Waals surface area contributed by atoms with Crippen molar-refractivity contribution in [2.75, 3.05) is 38.7 Å². The van der Waals surface area contributed by atoms with Crippen molar-refractivity contribution in [1.29, 1.82) is 0 Å². The quantitative estimate of drug-likeness (QED) is 0.556. The Balaban J connectivity index is 2.85. The molecule has 6 nitrogen and oxygen atoms in total. The zero-order valence-corrected chi connectivity index (χ0v) is 12.4. The van der Waals surface area contributed by atoms with E-state index in [2.05, 4.69) is 17.1 Å². The fourth-order valence-electron chi connectivity index (χ4n) is 1.99. The smallest absolute Gasteiger partial charge is 0.292 e. The standard InChI is InChI=1S/C14H23N3O3/c1-4-15-13-7-6-12(10-14(13)17(18)19)11-16(5-2)8-9-20-3/h6-7,10,15H,4-5,8-9,11H2,1-3H3. The zero-order chi connectivity index (χ0) is 15.0. The number of hydrogen-bond acceptors (Lipinski definition) is 5. The SMILES string of the molecule is CCNc1ccc(CN(CC)CCOC)cc1[N+](=O)[O-]. The van der Waals surface area contributed by atoms with Crippen LogP contribution in [-0.4, -0.2) is 43.2 Å². The molecule has 0 unspecified atom stereocenters. The Morgan fingerprint density at radius 2 is 2.15 bits per heavy atom. The van der Waals surface area contributed by atoms with E-state index in [-0.39, 0.29) is 10.6 Å². The second-order valence-electron chi connectivity index (χ2n) is 4.50. The third-order valence-electron chi connectivity index (χ3n) is 3.09. The highest BCUT2D eigenvalue weighted by molar-refractivity contribution is 5.62. The van der Waals surface area contributed by atoms with E-state index in [1.807, 2.05) is 13.0 Å². The average molecular weight is 281 g/mol. The highest BCUT2D eigenvalue weighted by Gasteiger charge is 2.15. The van der Waals surface area contributed by atoms with Gasteiger partial charge in [0.05, 0.1) is 11.5 Å². The van der Waals surface area contributed by atoms with E-state index in [0.29, 0.717) is 25.4 Å². The molecule has 112 valence electrons. The van der Waals surface area contributed by atoms with Crippen LogP contribution in [0.2, 0.25) is 0 Å². The summed E-state index contributed by atoms with van der Waals surface area (Å²) in [6, 6.07) is 5.36. The van der Waals surface area contributed by atoms with E-state index in [1.54, 1.807) is 19.2 Å². The minimum Gasteiger partial charge on any atom is -0.383 e. The number of benzene rings is 1. The summed E-state index contributed by atoms with van der Waals surface area (Å²) < 4.78 is 5.06. The Bertz CT molecular complexity index is 438. The largest absolute Gasteiger partial charge is 0.383 e. The van der Waals surface area contributed by atoms with Crippen molar-refractivity contribution >= 4 is 11.4 Å². The predicted octanol–water partition coefficient (Wildman–Crippen LogP) is 2.49. The van der Waals surface area contributed by atoms with Gasteiger partial charge in [-0.25, -0.2) is 0 Å². The van der Waals surface area contributed by atoms with Crippen molar-refractivity contribution in [1.82, 2.24) is 4.90 Å². The van der Waals surface area contributed by atoms with Crippen LogP contribution in [0.1, 0.15) is 19.4 Å². The molecule has 0 saturated carbocycles. The Morgan fingerprint density at radius 3 is 2.70 bits per heavy atom. The number of ether oxygens (including phenoxy) is 1. The van der Waals surface area contributed by atoms with Crippen LogP contribution in [0, 0.1) is 10.1 Å². The first-order chi connectivity index (χ1) is 9.62. The first kappa shape index (κ1) is 16.4. The fourth-order valence-corrected chi connectivity index (χ4v) is 1.99. The highest BCUT2D eigenvalue weighted by atomic mass is 16.6. The molecule has 0 aliphatic carbocycles. The molecule has 0 aromatic heterocycles. The van der Waals surface area contributed by atoms with Crippen molar-refractivity contribution in [3.05, 3.63) is 33.9 Å². The van der Waals surface area contributed by atoms with Crippen molar-refractivity contribution in [3.63, 3.8) is 0 Å². The van der Waals surface area contributed by atoms with Gasteiger partial charge in [0.1, 0.15) is 5.69 Å². The van der Waals surface area contributed by atoms with Crippen molar-refractivity contribution in [3.8, 4) is 0 Å². The van der Waals surface area contributed by atoms with Crippen LogP contribution in [0.4, 0.5) is 11.4 Å². The number of hydrogen-bond donors (Lipinski definition) is 1. The number of likely N-dealkylation sites (N-methyl/N-ethyl adjacent to an activating group) is 1. The maximum Gasteiger partial charge on any atom is 0.292 e. The number of anilines is 1. The average Bonchev–Trinajstić information content (AvgIpc) is 2.44. The number of rotatable bonds is 9. The summed E-state index contributed by atoms with van der Waals surface area (Å²) in [4.78, 5) is 13.0. The highest BCUT2D eigenvalue weighted by Crippen LogP contribution is 2.26. The van der Waals surface area contributed by atoms with Gasteiger partial charge in [0.2, 0.25) is 0 Å². The molecule has 1 rings (SSSR count). The molecule has 0 aliphatic heterocycles. The number of methoxy groups -OCH3 is 1. The van der Waals surface area contributed by atoms with Gasteiger partial charge in [-0.2, -0.15) is 0 Å². The summed E-state index contributed by atoms with van der Waals surface area (Å²) in [6.07, 6.45) is 0. The van der Waals surface area contributed by atoms with Crippen LogP contribution >= 0.6 is 0 Å². The number of nitro benzene ring substituents is 1. The molecule has 0 saturated heterocycles. The topological polar surface area (TPSA) is 67.6 Å². The summed E-state index contributed by atoms with van der Waals surface area (Å²) in [7, 11) is 1.67. The maximum absolute atomic E-state index is 11.1. The fraction of sp³-hybridized carbons (Fsp3) is 0.571. The van der Waals surface area contributed by atoms with Gasteiger partial charge >= 0.3 is 0 Å². The third-order valence-corrected chi connectivity index (χ3v) is 3.09. The van der Waals surface area contributed by atoms with Gasteiger partial charge in [0.15, 0.2) is 0 Å². The van der Waals surface area contributed by atoms with Crippen LogP contribution in [0.5, 0.6) is 0 Å². The monoisotopic (exact) mass is 281 g/mol. The lowest BCUT2D eigenvalue weighted by Crippen LogP contribution is -2.26.